The molecule has 0 spiro atoms. The first-order valence-corrected chi connectivity index (χ1v) is 5.66. The normalized spacial score (nSPS) is 11.6. The fraction of sp³-hybridized carbons (Fsp3) is 0.333. The van der Waals surface area contributed by atoms with Crippen LogP contribution in [-0.2, 0) is 9.47 Å². The van der Waals surface area contributed by atoms with Gasteiger partial charge in [-0.25, -0.2) is 9.59 Å². The van der Waals surface area contributed by atoms with Crippen LogP contribution in [0, 0.1) is 0 Å². The van der Waals surface area contributed by atoms with Crippen LogP contribution in [0.4, 0.5) is 10.5 Å². The molecular formula is C12H14ClNO4. The van der Waals surface area contributed by atoms with Crippen molar-refractivity contribution in [1.29, 1.82) is 0 Å². The molecule has 18 heavy (non-hydrogen) atoms. The second-order valence-corrected chi connectivity index (χ2v) is 4.11. The van der Waals surface area contributed by atoms with Crippen molar-refractivity contribution in [3.8, 4) is 0 Å². The van der Waals surface area contributed by atoms with Gasteiger partial charge in [-0.15, -0.1) is 0 Å². The molecule has 1 amide bonds. The largest absolute Gasteiger partial charge is 0.465 e. The number of nitrogens with zero attached hydrogens (tertiary/aromatic N) is 1. The number of para-hydroxylation sites is 1. The number of rotatable bonds is 3. The molecule has 1 atom stereocenters. The zero-order chi connectivity index (χ0) is 13.7. The van der Waals surface area contributed by atoms with Gasteiger partial charge in [0.25, 0.3) is 0 Å². The average Bonchev–Trinajstić information content (AvgIpc) is 2.36. The van der Waals surface area contributed by atoms with E-state index in [4.69, 9.17) is 16.3 Å². The molecule has 0 N–H and O–H groups in total. The maximum absolute atomic E-state index is 11.7. The van der Waals surface area contributed by atoms with Crippen molar-refractivity contribution in [1.82, 2.24) is 0 Å². The quantitative estimate of drug-likeness (QED) is 0.626. The number of esters is 1. The van der Waals surface area contributed by atoms with Crippen LogP contribution >= 0.6 is 11.6 Å². The molecule has 1 aromatic carbocycles. The Balaban J connectivity index is 3.02. The van der Waals surface area contributed by atoms with Gasteiger partial charge in [-0.05, 0) is 19.1 Å². The highest BCUT2D eigenvalue weighted by atomic mass is 35.5. The minimum Gasteiger partial charge on any atom is -0.465 e. The number of hydrogen-bond acceptors (Lipinski definition) is 4. The van der Waals surface area contributed by atoms with Gasteiger partial charge in [-0.2, -0.15) is 0 Å². The lowest BCUT2D eigenvalue weighted by atomic mass is 10.1. The SMILES string of the molecule is COC(=O)c1ccccc1N(C)C(=O)OC(C)Cl. The van der Waals surface area contributed by atoms with E-state index in [0.29, 0.717) is 5.69 Å². The fourth-order valence-corrected chi connectivity index (χ4v) is 1.44. The predicted molar refractivity (Wildman–Crippen MR) is 68.0 cm³/mol. The number of amides is 1. The standard InChI is InChI=1S/C12H14ClNO4/c1-8(13)18-12(16)14(2)10-7-5-4-6-9(10)11(15)17-3/h4-8H,1-3H3. The molecule has 0 aliphatic rings. The summed E-state index contributed by atoms with van der Waals surface area (Å²) in [6, 6.07) is 6.57. The topological polar surface area (TPSA) is 55.8 Å². The summed E-state index contributed by atoms with van der Waals surface area (Å²) >= 11 is 5.57. The predicted octanol–water partition coefficient (Wildman–Crippen LogP) is 2.63. The zero-order valence-corrected chi connectivity index (χ0v) is 11.1. The summed E-state index contributed by atoms with van der Waals surface area (Å²) in [4.78, 5) is 24.4. The zero-order valence-electron chi connectivity index (χ0n) is 10.3. The molecule has 0 saturated heterocycles. The van der Waals surface area contributed by atoms with Gasteiger partial charge in [0.1, 0.15) is 0 Å². The Hall–Kier alpha value is -1.75. The lowest BCUT2D eigenvalue weighted by molar-refractivity contribution is 0.0601. The molecule has 5 nitrogen and oxygen atoms in total. The van der Waals surface area contributed by atoms with Crippen LogP contribution in [-0.4, -0.2) is 31.8 Å². The van der Waals surface area contributed by atoms with Crippen LogP contribution in [0.2, 0.25) is 0 Å². The van der Waals surface area contributed by atoms with E-state index in [9.17, 15) is 9.59 Å². The first-order valence-electron chi connectivity index (χ1n) is 5.23. The summed E-state index contributed by atoms with van der Waals surface area (Å²) in [6.45, 7) is 1.53. The first kappa shape index (κ1) is 14.3. The number of carbonyl (C=O) groups is 2. The molecule has 0 saturated carbocycles. The number of halogens is 1. The number of alkyl halides is 1. The first-order chi connectivity index (χ1) is 8.47. The van der Waals surface area contributed by atoms with Gasteiger partial charge >= 0.3 is 12.1 Å². The summed E-state index contributed by atoms with van der Waals surface area (Å²) in [5, 5.41) is 0. The van der Waals surface area contributed by atoms with Crippen molar-refractivity contribution >= 4 is 29.4 Å². The van der Waals surface area contributed by atoms with Crippen molar-refractivity contribution in [3.05, 3.63) is 29.8 Å². The smallest absolute Gasteiger partial charge is 0.415 e. The van der Waals surface area contributed by atoms with Crippen molar-refractivity contribution in [2.45, 2.75) is 12.5 Å². The maximum atomic E-state index is 11.7. The minimum atomic E-state index is -0.745. The van der Waals surface area contributed by atoms with E-state index in [-0.39, 0.29) is 5.56 Å². The molecular weight excluding hydrogens is 258 g/mol. The Morgan fingerprint density at radius 1 is 1.33 bits per heavy atom. The molecule has 0 aliphatic heterocycles. The fourth-order valence-electron chi connectivity index (χ4n) is 1.37. The number of ether oxygens (including phenoxy) is 2. The number of hydrogen-bond donors (Lipinski definition) is 0. The van der Waals surface area contributed by atoms with Crippen LogP contribution in [0.25, 0.3) is 0 Å². The molecule has 6 heteroatoms. The molecule has 0 radical (unpaired) electrons. The van der Waals surface area contributed by atoms with Gasteiger partial charge < -0.3 is 9.47 Å². The average molecular weight is 272 g/mol. The van der Waals surface area contributed by atoms with E-state index >= 15 is 0 Å². The summed E-state index contributed by atoms with van der Waals surface area (Å²) < 4.78 is 9.48. The van der Waals surface area contributed by atoms with Crippen LogP contribution in [0.5, 0.6) is 0 Å². The van der Waals surface area contributed by atoms with Gasteiger partial charge in [0.2, 0.25) is 0 Å². The lowest BCUT2D eigenvalue weighted by Gasteiger charge is -2.20. The molecule has 98 valence electrons. The van der Waals surface area contributed by atoms with Crippen LogP contribution in [0.3, 0.4) is 0 Å². The number of benzene rings is 1. The summed E-state index contributed by atoms with van der Waals surface area (Å²) in [7, 11) is 2.77. The minimum absolute atomic E-state index is 0.279. The molecule has 0 aromatic heterocycles. The Labute approximate surface area is 110 Å². The van der Waals surface area contributed by atoms with E-state index in [1.54, 1.807) is 24.3 Å². The summed E-state index contributed by atoms with van der Waals surface area (Å²) in [6.07, 6.45) is -0.645. The molecule has 0 aliphatic carbocycles. The maximum Gasteiger partial charge on any atom is 0.415 e. The molecule has 1 unspecified atom stereocenters. The third kappa shape index (κ3) is 3.37. The Morgan fingerprint density at radius 2 is 1.94 bits per heavy atom. The van der Waals surface area contributed by atoms with Crippen LogP contribution < -0.4 is 4.90 Å². The molecule has 1 aromatic rings. The van der Waals surface area contributed by atoms with Gasteiger partial charge in [-0.3, -0.25) is 4.90 Å². The van der Waals surface area contributed by atoms with Gasteiger partial charge in [0.05, 0.1) is 18.4 Å². The van der Waals surface area contributed by atoms with Crippen LogP contribution in [0.15, 0.2) is 24.3 Å². The highest BCUT2D eigenvalue weighted by Crippen LogP contribution is 2.21. The van der Waals surface area contributed by atoms with E-state index in [2.05, 4.69) is 4.74 Å². The summed E-state index contributed by atoms with van der Waals surface area (Å²) in [5.41, 5.74) is -0.0708. The van der Waals surface area contributed by atoms with Crippen molar-refractivity contribution in [3.63, 3.8) is 0 Å². The van der Waals surface area contributed by atoms with E-state index in [0.717, 1.165) is 0 Å². The highest BCUT2D eigenvalue weighted by molar-refractivity contribution is 6.20. The third-order valence-corrected chi connectivity index (χ3v) is 2.30. The Kier molecular flexibility index (Phi) is 4.97. The summed E-state index contributed by atoms with van der Waals surface area (Å²) in [5.74, 6) is -0.524. The monoisotopic (exact) mass is 271 g/mol. The van der Waals surface area contributed by atoms with E-state index < -0.39 is 17.6 Å². The number of methoxy groups -OCH3 is 1. The Morgan fingerprint density at radius 3 is 2.50 bits per heavy atom. The molecule has 0 bridgehead atoms. The highest BCUT2D eigenvalue weighted by Gasteiger charge is 2.20. The van der Waals surface area contributed by atoms with Crippen LogP contribution in [0.1, 0.15) is 17.3 Å². The van der Waals surface area contributed by atoms with E-state index in [1.807, 2.05) is 0 Å². The van der Waals surface area contributed by atoms with Crippen molar-refractivity contribution in [2.75, 3.05) is 19.1 Å². The number of carbonyl (C=O) groups excluding carboxylic acids is 2. The number of anilines is 1. The Bertz CT molecular complexity index is 447. The third-order valence-electron chi connectivity index (χ3n) is 2.21. The van der Waals surface area contributed by atoms with Gasteiger partial charge in [-0.1, -0.05) is 23.7 Å². The molecule has 1 rings (SSSR count). The van der Waals surface area contributed by atoms with Gasteiger partial charge in [0.15, 0.2) is 5.56 Å². The molecule has 0 heterocycles. The lowest BCUT2D eigenvalue weighted by Crippen LogP contribution is -2.30. The van der Waals surface area contributed by atoms with Crippen molar-refractivity contribution in [2.24, 2.45) is 0 Å². The van der Waals surface area contributed by atoms with Gasteiger partial charge in [0, 0.05) is 7.05 Å². The van der Waals surface area contributed by atoms with Crippen molar-refractivity contribution < 1.29 is 19.1 Å². The molecule has 0 fully saturated rings. The second kappa shape index (κ2) is 6.26. The van der Waals surface area contributed by atoms with E-state index in [1.165, 1.54) is 26.0 Å². The second-order valence-electron chi connectivity index (χ2n) is 3.49.